The maximum atomic E-state index is 14.6. The van der Waals surface area contributed by atoms with E-state index in [0.717, 1.165) is 10.5 Å². The third-order valence-electron chi connectivity index (χ3n) is 10.2. The molecule has 3 aromatic rings. The lowest BCUT2D eigenvalue weighted by atomic mass is 9.93. The first kappa shape index (κ1) is 53.4. The van der Waals surface area contributed by atoms with Crippen molar-refractivity contribution >= 4 is 48.1 Å². The molecule has 0 spiro atoms. The minimum atomic E-state index is -1.52. The fraction of sp³-hybridized carbons (Fsp3) is 0.469. The van der Waals surface area contributed by atoms with Gasteiger partial charge in [0.25, 0.3) is 5.91 Å². The van der Waals surface area contributed by atoms with E-state index in [2.05, 4.69) is 26.6 Å². The standard InChI is InChI=1S/C49H64N6O13/c1-28-12-15-33(29(2)24-28)42(58)53-36(18-21-56)44(60)55(10)40-32-14-17-39(66-23-20-51-47(63)68-49(7,8)9)35(27-32)34-25-31(13-16-38(34)65-22-19-50-46(62)67-48(4,5)6)26-37(45(61)64-11)54-41(57)30(3)52-43(40)59/h12-17,21,24-25,27,30,36-37,40H,18-20,22-23,26H2,1-11H3,(H,50,62)(H,51,63)(H,52,59)(H,53,58)(H,54,57)/t30-,36-,37-,40-/m0/s1. The van der Waals surface area contributed by atoms with Crippen LogP contribution in [0, 0.1) is 13.8 Å². The predicted molar refractivity (Wildman–Crippen MR) is 250 cm³/mol. The molecule has 0 radical (unpaired) electrons. The number of esters is 1. The highest BCUT2D eigenvalue weighted by atomic mass is 16.6. The van der Waals surface area contributed by atoms with Gasteiger partial charge in [-0.25, -0.2) is 14.4 Å². The normalized spacial score (nSPS) is 16.5. The number of hydrogen-bond acceptors (Lipinski definition) is 13. The molecule has 4 atom stereocenters. The smallest absolute Gasteiger partial charge is 0.407 e. The summed E-state index contributed by atoms with van der Waals surface area (Å²) in [4.78, 5) is 108. The second-order valence-corrected chi connectivity index (χ2v) is 18.3. The first-order valence-corrected chi connectivity index (χ1v) is 22.1. The molecule has 19 nitrogen and oxygen atoms in total. The quantitative estimate of drug-likeness (QED) is 0.0616. The summed E-state index contributed by atoms with van der Waals surface area (Å²) in [5.41, 5.74) is 1.78. The van der Waals surface area contributed by atoms with Crippen molar-refractivity contribution in [3.8, 4) is 22.6 Å². The molecule has 4 bridgehead atoms. The Kier molecular flexibility index (Phi) is 18.5. The zero-order chi connectivity index (χ0) is 50.5. The number of fused-ring (bicyclic) bond motifs is 5. The Labute approximate surface area is 396 Å². The second kappa shape index (κ2) is 23.5. The molecule has 0 aromatic heterocycles. The average Bonchev–Trinajstić information content (AvgIpc) is 3.24. The third-order valence-corrected chi connectivity index (χ3v) is 10.2. The van der Waals surface area contributed by atoms with Crippen LogP contribution in [0.4, 0.5) is 9.59 Å². The van der Waals surface area contributed by atoms with Crippen LogP contribution >= 0.6 is 0 Å². The van der Waals surface area contributed by atoms with Gasteiger partial charge in [-0.1, -0.05) is 29.8 Å². The van der Waals surface area contributed by atoms with Gasteiger partial charge in [-0.2, -0.15) is 0 Å². The zero-order valence-electron chi connectivity index (χ0n) is 40.6. The molecule has 0 saturated heterocycles. The van der Waals surface area contributed by atoms with Crippen molar-refractivity contribution in [2.45, 2.75) is 111 Å². The van der Waals surface area contributed by atoms with Gasteiger partial charge in [-0.15, -0.1) is 0 Å². The second-order valence-electron chi connectivity index (χ2n) is 18.3. The van der Waals surface area contributed by atoms with Crippen molar-refractivity contribution in [3.05, 3.63) is 82.4 Å². The first-order valence-electron chi connectivity index (χ1n) is 22.1. The first-order chi connectivity index (χ1) is 31.9. The van der Waals surface area contributed by atoms with E-state index in [1.54, 1.807) is 97.0 Å². The number of benzene rings is 3. The number of nitrogens with one attached hydrogen (secondary N) is 5. The highest BCUT2D eigenvalue weighted by molar-refractivity contribution is 6.00. The van der Waals surface area contributed by atoms with E-state index < -0.39 is 83.6 Å². The maximum Gasteiger partial charge on any atom is 0.407 e. The number of aldehydes is 1. The Morgan fingerprint density at radius 2 is 1.37 bits per heavy atom. The highest BCUT2D eigenvalue weighted by Crippen LogP contribution is 2.40. The molecule has 1 heterocycles. The summed E-state index contributed by atoms with van der Waals surface area (Å²) in [6, 6.07) is 9.44. The van der Waals surface area contributed by atoms with Crippen molar-refractivity contribution in [1.29, 1.82) is 0 Å². The molecule has 19 heteroatoms. The molecule has 1 aliphatic heterocycles. The lowest BCUT2D eigenvalue weighted by Crippen LogP contribution is -2.55. The van der Waals surface area contributed by atoms with Gasteiger partial charge in [-0.05, 0) is 109 Å². The zero-order valence-corrected chi connectivity index (χ0v) is 40.6. The predicted octanol–water partition coefficient (Wildman–Crippen LogP) is 4.38. The molecule has 0 unspecified atom stereocenters. The lowest BCUT2D eigenvalue weighted by molar-refractivity contribution is -0.145. The van der Waals surface area contributed by atoms with E-state index in [1.165, 1.54) is 27.1 Å². The summed E-state index contributed by atoms with van der Waals surface area (Å²) in [6.45, 7) is 15.3. The summed E-state index contributed by atoms with van der Waals surface area (Å²) < 4.78 is 28.3. The van der Waals surface area contributed by atoms with Gasteiger partial charge >= 0.3 is 18.2 Å². The van der Waals surface area contributed by atoms with Crippen molar-refractivity contribution in [3.63, 3.8) is 0 Å². The Morgan fingerprint density at radius 1 is 0.794 bits per heavy atom. The summed E-state index contributed by atoms with van der Waals surface area (Å²) in [6.07, 6.45) is -1.34. The number of nitrogens with zero attached hydrogens (tertiary/aromatic N) is 1. The minimum absolute atomic E-state index is 0.0163. The number of amides is 6. The fourth-order valence-electron chi connectivity index (χ4n) is 7.12. The Hall–Kier alpha value is -7.18. The molecule has 1 aliphatic rings. The molecule has 3 aromatic carbocycles. The van der Waals surface area contributed by atoms with E-state index in [0.29, 0.717) is 28.5 Å². The van der Waals surface area contributed by atoms with Gasteiger partial charge in [0.1, 0.15) is 66.4 Å². The molecule has 0 aliphatic carbocycles. The van der Waals surface area contributed by atoms with Crippen LogP contribution in [0.15, 0.2) is 54.6 Å². The van der Waals surface area contributed by atoms with Crippen LogP contribution in [0.1, 0.15) is 93.5 Å². The summed E-state index contributed by atoms with van der Waals surface area (Å²) >= 11 is 0. The molecule has 0 saturated carbocycles. The highest BCUT2D eigenvalue weighted by Gasteiger charge is 2.36. The van der Waals surface area contributed by atoms with E-state index in [-0.39, 0.29) is 55.4 Å². The summed E-state index contributed by atoms with van der Waals surface area (Å²) in [7, 11) is 2.50. The van der Waals surface area contributed by atoms with Gasteiger partial charge in [0.15, 0.2) is 0 Å². The summed E-state index contributed by atoms with van der Waals surface area (Å²) in [5.74, 6) is -3.26. The van der Waals surface area contributed by atoms with Crippen molar-refractivity contribution < 1.29 is 62.0 Å². The number of hydrogen-bond donors (Lipinski definition) is 5. The van der Waals surface area contributed by atoms with Crippen LogP contribution in [-0.4, -0.2) is 123 Å². The van der Waals surface area contributed by atoms with Gasteiger partial charge < -0.3 is 60.0 Å². The van der Waals surface area contributed by atoms with Crippen LogP contribution in [0.2, 0.25) is 0 Å². The number of carbonyl (C=O) groups is 8. The molecule has 6 amide bonds. The number of carbonyl (C=O) groups excluding carboxylic acids is 8. The Morgan fingerprint density at radius 3 is 1.91 bits per heavy atom. The molecular weight excluding hydrogens is 881 g/mol. The number of alkyl carbamates (subject to hydrolysis) is 2. The maximum absolute atomic E-state index is 14.6. The fourth-order valence-corrected chi connectivity index (χ4v) is 7.12. The average molecular weight is 945 g/mol. The van der Waals surface area contributed by atoms with E-state index in [1.807, 2.05) is 6.92 Å². The van der Waals surface area contributed by atoms with Gasteiger partial charge in [0, 0.05) is 36.6 Å². The topological polar surface area (TPSA) is 246 Å². The number of rotatable bonds is 15. The van der Waals surface area contributed by atoms with Crippen LogP contribution in [0.25, 0.3) is 11.1 Å². The molecule has 4 rings (SSSR count). The third kappa shape index (κ3) is 15.4. The number of ether oxygens (including phenoxy) is 5. The largest absolute Gasteiger partial charge is 0.491 e. The lowest BCUT2D eigenvalue weighted by Gasteiger charge is -2.32. The Bertz CT molecular complexity index is 2360. The van der Waals surface area contributed by atoms with Crippen molar-refractivity contribution in [2.75, 3.05) is 40.5 Å². The number of aryl methyl sites for hydroxylation is 2. The Balaban J connectivity index is 1.88. The van der Waals surface area contributed by atoms with Gasteiger partial charge in [-0.3, -0.25) is 19.2 Å². The van der Waals surface area contributed by atoms with Gasteiger partial charge in [0.2, 0.25) is 17.7 Å². The molecule has 0 fully saturated rings. The molecular formula is C49H64N6O13. The van der Waals surface area contributed by atoms with E-state index in [9.17, 15) is 38.4 Å². The monoisotopic (exact) mass is 944 g/mol. The van der Waals surface area contributed by atoms with Gasteiger partial charge in [0.05, 0.1) is 20.2 Å². The van der Waals surface area contributed by atoms with Crippen molar-refractivity contribution in [1.82, 2.24) is 31.5 Å². The van der Waals surface area contributed by atoms with Crippen molar-refractivity contribution in [2.24, 2.45) is 0 Å². The van der Waals surface area contributed by atoms with E-state index in [4.69, 9.17) is 23.7 Å². The van der Waals surface area contributed by atoms with Crippen LogP contribution < -0.4 is 36.1 Å². The van der Waals surface area contributed by atoms with E-state index >= 15 is 0 Å². The number of methoxy groups -OCH3 is 1. The minimum Gasteiger partial charge on any atom is -0.491 e. The summed E-state index contributed by atoms with van der Waals surface area (Å²) in [5, 5.41) is 13.3. The number of likely N-dealkylation sites (N-methyl/N-ethyl adjacent to an activating group) is 1. The van der Waals surface area contributed by atoms with Crippen LogP contribution in [0.3, 0.4) is 0 Å². The SMILES string of the molecule is COC(=O)[C@@H]1Cc2ccc(OCCNC(=O)OC(C)(C)C)c(c2)-c2cc(ccc2OCCNC(=O)OC(C)(C)C)[C@H](N(C)C(=O)[C@H](CC=O)NC(=O)c2ccc(C)cc2C)C(=O)N[C@@H](C)C(=O)N1. The van der Waals surface area contributed by atoms with Crippen LogP contribution in [-0.2, 0) is 44.6 Å². The molecule has 368 valence electrons. The molecule has 68 heavy (non-hydrogen) atoms. The van der Waals surface area contributed by atoms with Crippen LogP contribution in [0.5, 0.6) is 11.5 Å². The molecule has 5 N–H and O–H groups in total.